The summed E-state index contributed by atoms with van der Waals surface area (Å²) in [6, 6.07) is 4.46. The Labute approximate surface area is 195 Å². The van der Waals surface area contributed by atoms with E-state index in [1.54, 1.807) is 18.4 Å². The van der Waals surface area contributed by atoms with Crippen LogP contribution in [0, 0.1) is 0 Å². The first-order chi connectivity index (χ1) is 13.1. The zero-order chi connectivity index (χ0) is 20.8. The summed E-state index contributed by atoms with van der Waals surface area (Å²) in [4.78, 5) is 8.02. The molecule has 1 fully saturated rings. The first-order valence-electron chi connectivity index (χ1n) is 9.42. The van der Waals surface area contributed by atoms with Gasteiger partial charge in [0.1, 0.15) is 0 Å². The van der Waals surface area contributed by atoms with E-state index in [1.807, 2.05) is 13.8 Å². The monoisotopic (exact) mass is 559 g/mol. The van der Waals surface area contributed by atoms with Crippen molar-refractivity contribution in [1.82, 2.24) is 20.3 Å². The Hall–Kier alpha value is -0.470. The maximum Gasteiger partial charge on any atom is 0.209 e. The molecule has 1 aromatic rings. The third-order valence-electron chi connectivity index (χ3n) is 4.43. The van der Waals surface area contributed by atoms with Crippen molar-refractivity contribution in [1.29, 1.82) is 0 Å². The number of guanidine groups is 1. The van der Waals surface area contributed by atoms with Gasteiger partial charge in [0.25, 0.3) is 0 Å². The Morgan fingerprint density at radius 2 is 2.17 bits per heavy atom. The minimum Gasteiger partial charge on any atom is -0.376 e. The molecule has 11 heteroatoms. The van der Waals surface area contributed by atoms with Crippen LogP contribution in [-0.4, -0.2) is 77.0 Å². The Kier molecular flexibility index (Phi) is 10.8. The fourth-order valence-electron chi connectivity index (χ4n) is 3.28. The van der Waals surface area contributed by atoms with Gasteiger partial charge in [0.15, 0.2) is 5.96 Å². The number of nitrogens with zero attached hydrogens (tertiary/aromatic N) is 2. The van der Waals surface area contributed by atoms with Gasteiger partial charge in [-0.15, -0.1) is 35.3 Å². The van der Waals surface area contributed by atoms with E-state index in [0.29, 0.717) is 19.0 Å². The number of nitrogens with one attached hydrogen (secondary N) is 3. The maximum absolute atomic E-state index is 11.5. The van der Waals surface area contributed by atoms with Gasteiger partial charge < -0.3 is 15.4 Å². The van der Waals surface area contributed by atoms with Crippen molar-refractivity contribution in [2.24, 2.45) is 4.99 Å². The summed E-state index contributed by atoms with van der Waals surface area (Å²) in [6.07, 6.45) is 1.38. The highest BCUT2D eigenvalue weighted by molar-refractivity contribution is 14.0. The minimum absolute atomic E-state index is 0. The molecule has 1 aliphatic rings. The molecule has 0 bridgehead atoms. The molecule has 1 saturated heterocycles. The number of sulfonamides is 1. The van der Waals surface area contributed by atoms with E-state index < -0.39 is 15.6 Å². The number of hydrogen-bond acceptors (Lipinski definition) is 6. The van der Waals surface area contributed by atoms with Crippen molar-refractivity contribution in [3.8, 4) is 0 Å². The molecule has 0 spiro atoms. The van der Waals surface area contributed by atoms with E-state index in [4.69, 9.17) is 4.74 Å². The van der Waals surface area contributed by atoms with Crippen LogP contribution in [0.5, 0.6) is 0 Å². The first kappa shape index (κ1) is 26.6. The summed E-state index contributed by atoms with van der Waals surface area (Å²) < 4.78 is 31.3. The Balaban J connectivity index is 0.00000420. The highest BCUT2D eigenvalue weighted by Gasteiger charge is 2.27. The second-order valence-corrected chi connectivity index (χ2v) is 10.5. The highest BCUT2D eigenvalue weighted by Crippen LogP contribution is 2.26. The second-order valence-electron chi connectivity index (χ2n) is 7.77. The lowest BCUT2D eigenvalue weighted by atomic mass is 10.1. The van der Waals surface area contributed by atoms with E-state index in [-0.39, 0.29) is 36.1 Å². The number of rotatable bonds is 8. The molecule has 2 unspecified atom stereocenters. The van der Waals surface area contributed by atoms with Crippen molar-refractivity contribution in [3.63, 3.8) is 0 Å². The summed E-state index contributed by atoms with van der Waals surface area (Å²) in [7, 11) is -1.57. The van der Waals surface area contributed by atoms with E-state index >= 15 is 0 Å². The molecule has 2 rings (SSSR count). The fraction of sp³-hybridized carbons (Fsp3) is 0.722. The molecule has 0 radical (unpaired) electrons. The SMILES string of the molecule is CN=C(NCC(c1cccs1)N1CCOC(C)C1)NCC(C)(C)NS(C)(=O)=O.I. The van der Waals surface area contributed by atoms with Crippen LogP contribution in [0.25, 0.3) is 0 Å². The molecule has 1 aliphatic heterocycles. The molecule has 1 aromatic heterocycles. The third-order valence-corrected chi connectivity index (χ3v) is 6.33. The fourth-order valence-corrected chi connectivity index (χ4v) is 5.21. The van der Waals surface area contributed by atoms with Gasteiger partial charge >= 0.3 is 0 Å². The Bertz CT molecular complexity index is 741. The lowest BCUT2D eigenvalue weighted by Crippen LogP contribution is -2.54. The summed E-state index contributed by atoms with van der Waals surface area (Å²) >= 11 is 1.75. The van der Waals surface area contributed by atoms with Crippen LogP contribution in [-0.2, 0) is 14.8 Å². The zero-order valence-corrected chi connectivity index (χ0v) is 21.7. The zero-order valence-electron chi connectivity index (χ0n) is 17.8. The van der Waals surface area contributed by atoms with Gasteiger partial charge in [0.2, 0.25) is 10.0 Å². The average Bonchev–Trinajstić information content (AvgIpc) is 3.10. The molecule has 29 heavy (non-hydrogen) atoms. The molecular formula is C18H34IN5O3S2. The van der Waals surface area contributed by atoms with Crippen molar-refractivity contribution in [2.75, 3.05) is 46.1 Å². The number of thiophene rings is 1. The predicted octanol–water partition coefficient (Wildman–Crippen LogP) is 1.62. The third kappa shape index (κ3) is 9.47. The minimum atomic E-state index is -3.28. The lowest BCUT2D eigenvalue weighted by molar-refractivity contribution is -0.0334. The van der Waals surface area contributed by atoms with Crippen molar-refractivity contribution >= 4 is 51.3 Å². The van der Waals surface area contributed by atoms with Gasteiger partial charge in [-0.2, -0.15) is 0 Å². The van der Waals surface area contributed by atoms with E-state index in [9.17, 15) is 8.42 Å². The maximum atomic E-state index is 11.5. The van der Waals surface area contributed by atoms with Crippen LogP contribution >= 0.6 is 35.3 Å². The number of aliphatic imine (C=N–C) groups is 1. The average molecular weight is 560 g/mol. The molecule has 0 saturated carbocycles. The topological polar surface area (TPSA) is 95.1 Å². The van der Waals surface area contributed by atoms with Crippen LogP contribution in [0.4, 0.5) is 0 Å². The van der Waals surface area contributed by atoms with Crippen molar-refractivity contribution < 1.29 is 13.2 Å². The first-order valence-corrected chi connectivity index (χ1v) is 12.2. The second kappa shape index (κ2) is 11.8. The van der Waals surface area contributed by atoms with Crippen LogP contribution in [0.3, 0.4) is 0 Å². The molecule has 2 heterocycles. The molecule has 168 valence electrons. The normalized spacial score (nSPS) is 20.0. The summed E-state index contributed by atoms with van der Waals surface area (Å²) in [5, 5.41) is 8.70. The number of hydrogen-bond donors (Lipinski definition) is 3. The van der Waals surface area contributed by atoms with Gasteiger partial charge in [0, 0.05) is 43.6 Å². The van der Waals surface area contributed by atoms with Crippen LogP contribution in [0.1, 0.15) is 31.7 Å². The molecule has 8 nitrogen and oxygen atoms in total. The Morgan fingerprint density at radius 1 is 1.45 bits per heavy atom. The molecular weight excluding hydrogens is 525 g/mol. The van der Waals surface area contributed by atoms with E-state index in [2.05, 4.69) is 49.7 Å². The van der Waals surface area contributed by atoms with E-state index in [1.165, 1.54) is 4.88 Å². The quantitative estimate of drug-likeness (QED) is 0.255. The number of ether oxygens (including phenoxy) is 1. The lowest BCUT2D eigenvalue weighted by Gasteiger charge is -2.37. The van der Waals surface area contributed by atoms with Crippen LogP contribution < -0.4 is 15.4 Å². The number of halogens is 1. The molecule has 3 N–H and O–H groups in total. The molecule has 0 amide bonds. The molecule has 0 aliphatic carbocycles. The molecule has 2 atom stereocenters. The van der Waals surface area contributed by atoms with Crippen molar-refractivity contribution in [3.05, 3.63) is 22.4 Å². The number of morpholine rings is 1. The summed E-state index contributed by atoms with van der Waals surface area (Å²) in [5.41, 5.74) is -0.627. The molecule has 0 aromatic carbocycles. The van der Waals surface area contributed by atoms with Gasteiger partial charge in [0.05, 0.1) is 25.0 Å². The predicted molar refractivity (Wildman–Crippen MR) is 131 cm³/mol. The van der Waals surface area contributed by atoms with Gasteiger partial charge in [-0.3, -0.25) is 9.89 Å². The Morgan fingerprint density at radius 3 is 2.72 bits per heavy atom. The van der Waals surface area contributed by atoms with Crippen LogP contribution in [0.2, 0.25) is 0 Å². The largest absolute Gasteiger partial charge is 0.376 e. The highest BCUT2D eigenvalue weighted by atomic mass is 127. The van der Waals surface area contributed by atoms with Gasteiger partial charge in [-0.25, -0.2) is 13.1 Å². The van der Waals surface area contributed by atoms with E-state index in [0.717, 1.165) is 26.0 Å². The van der Waals surface area contributed by atoms with Gasteiger partial charge in [-0.1, -0.05) is 6.07 Å². The standard InChI is InChI=1S/C18H33N5O3S2.HI/c1-14-12-23(8-9-26-14)15(16-7-6-10-27-16)11-20-17(19-4)21-13-18(2,3)22-28(5,24)25;/h6-7,10,14-15,22H,8-9,11-13H2,1-5H3,(H2,19,20,21);1H. The summed E-state index contributed by atoms with van der Waals surface area (Å²) in [5.74, 6) is 0.645. The van der Waals surface area contributed by atoms with Crippen LogP contribution in [0.15, 0.2) is 22.5 Å². The van der Waals surface area contributed by atoms with Crippen molar-refractivity contribution in [2.45, 2.75) is 38.5 Å². The summed E-state index contributed by atoms with van der Waals surface area (Å²) in [6.45, 7) is 9.40. The smallest absolute Gasteiger partial charge is 0.209 e. The van der Waals surface area contributed by atoms with Gasteiger partial charge in [-0.05, 0) is 32.2 Å².